The summed E-state index contributed by atoms with van der Waals surface area (Å²) < 4.78 is 10.8. The number of methoxy groups -OCH3 is 2. The Balaban J connectivity index is 2.65. The molecule has 19 heavy (non-hydrogen) atoms. The number of aromatic nitrogens is 2. The number of rotatable bonds is 3. The first-order valence-corrected chi connectivity index (χ1v) is 5.90. The lowest BCUT2D eigenvalue weighted by atomic mass is 10.0. The monoisotopic (exact) mass is 259 g/mol. The highest BCUT2D eigenvalue weighted by atomic mass is 16.5. The van der Waals surface area contributed by atoms with Crippen molar-refractivity contribution in [1.82, 2.24) is 9.97 Å². The molecule has 1 heterocycles. The zero-order valence-electron chi connectivity index (χ0n) is 11.5. The van der Waals surface area contributed by atoms with Crippen LogP contribution in [0.4, 0.5) is 5.95 Å². The molecule has 2 N–H and O–H groups in total. The lowest BCUT2D eigenvalue weighted by Crippen LogP contribution is -2.00. The number of hydrogen-bond acceptors (Lipinski definition) is 5. The summed E-state index contributed by atoms with van der Waals surface area (Å²) in [5.41, 5.74) is 9.06. The van der Waals surface area contributed by atoms with Crippen LogP contribution in [0.3, 0.4) is 0 Å². The largest absolute Gasteiger partial charge is 0.496 e. The van der Waals surface area contributed by atoms with Crippen molar-refractivity contribution in [2.45, 2.75) is 13.8 Å². The molecule has 0 bridgehead atoms. The second-order valence-corrected chi connectivity index (χ2v) is 4.23. The molecule has 0 radical (unpaired) electrons. The van der Waals surface area contributed by atoms with E-state index >= 15 is 0 Å². The summed E-state index contributed by atoms with van der Waals surface area (Å²) in [6.45, 7) is 3.82. The van der Waals surface area contributed by atoms with Crippen LogP contribution >= 0.6 is 0 Å². The van der Waals surface area contributed by atoms with Gasteiger partial charge in [0.15, 0.2) is 0 Å². The molecule has 0 aliphatic carbocycles. The molecular formula is C14H17N3O2. The Kier molecular flexibility index (Phi) is 3.55. The first-order chi connectivity index (χ1) is 9.06. The fourth-order valence-electron chi connectivity index (χ4n) is 2.09. The second kappa shape index (κ2) is 5.14. The normalized spacial score (nSPS) is 10.3. The summed E-state index contributed by atoms with van der Waals surface area (Å²) in [6.07, 6.45) is 0. The van der Waals surface area contributed by atoms with Gasteiger partial charge >= 0.3 is 0 Å². The van der Waals surface area contributed by atoms with Gasteiger partial charge in [-0.2, -0.15) is 0 Å². The highest BCUT2D eigenvalue weighted by Gasteiger charge is 2.14. The summed E-state index contributed by atoms with van der Waals surface area (Å²) >= 11 is 0. The summed E-state index contributed by atoms with van der Waals surface area (Å²) in [4.78, 5) is 8.33. The van der Waals surface area contributed by atoms with E-state index in [1.165, 1.54) is 0 Å². The standard InChI is InChI=1S/C14H17N3O2/c1-8-7-11(17-14(15)16-8)10-5-6-12(18-3)9(2)13(10)19-4/h5-7H,1-4H3,(H2,15,16,17). The number of benzene rings is 1. The Morgan fingerprint density at radius 3 is 2.37 bits per heavy atom. The molecule has 1 aromatic carbocycles. The quantitative estimate of drug-likeness (QED) is 0.916. The number of ether oxygens (including phenoxy) is 2. The summed E-state index contributed by atoms with van der Waals surface area (Å²) in [5, 5.41) is 0. The van der Waals surface area contributed by atoms with Gasteiger partial charge in [-0.3, -0.25) is 0 Å². The molecule has 0 amide bonds. The van der Waals surface area contributed by atoms with Crippen LogP contribution in [0.5, 0.6) is 11.5 Å². The molecule has 1 aromatic heterocycles. The van der Waals surface area contributed by atoms with Crippen molar-refractivity contribution in [2.24, 2.45) is 0 Å². The first kappa shape index (κ1) is 13.1. The maximum absolute atomic E-state index is 5.69. The zero-order valence-corrected chi connectivity index (χ0v) is 11.5. The minimum Gasteiger partial charge on any atom is -0.496 e. The van der Waals surface area contributed by atoms with Gasteiger partial charge < -0.3 is 15.2 Å². The van der Waals surface area contributed by atoms with E-state index in [1.807, 2.05) is 32.0 Å². The van der Waals surface area contributed by atoms with E-state index in [0.717, 1.165) is 34.0 Å². The molecule has 0 saturated heterocycles. The van der Waals surface area contributed by atoms with Crippen LogP contribution < -0.4 is 15.2 Å². The summed E-state index contributed by atoms with van der Waals surface area (Å²) in [6, 6.07) is 5.67. The zero-order chi connectivity index (χ0) is 14.0. The molecule has 0 aliphatic heterocycles. The van der Waals surface area contributed by atoms with E-state index in [9.17, 15) is 0 Å². The first-order valence-electron chi connectivity index (χ1n) is 5.90. The number of nitrogens with two attached hydrogens (primary N) is 1. The van der Waals surface area contributed by atoms with Crippen molar-refractivity contribution in [2.75, 3.05) is 20.0 Å². The van der Waals surface area contributed by atoms with Gasteiger partial charge in [-0.25, -0.2) is 9.97 Å². The molecule has 2 rings (SSSR count). The number of nitrogen functional groups attached to an aromatic ring is 1. The Morgan fingerprint density at radius 2 is 1.79 bits per heavy atom. The molecule has 100 valence electrons. The average Bonchev–Trinajstić information content (AvgIpc) is 2.37. The summed E-state index contributed by atoms with van der Waals surface area (Å²) in [7, 11) is 3.26. The summed E-state index contributed by atoms with van der Waals surface area (Å²) in [5.74, 6) is 1.77. The molecule has 0 saturated carbocycles. The maximum atomic E-state index is 5.69. The molecule has 0 unspecified atom stereocenters. The van der Waals surface area contributed by atoms with Crippen LogP contribution in [-0.2, 0) is 0 Å². The highest BCUT2D eigenvalue weighted by Crippen LogP contribution is 2.37. The molecule has 0 spiro atoms. The van der Waals surface area contributed by atoms with Crippen LogP contribution in [0.2, 0.25) is 0 Å². The number of hydrogen-bond donors (Lipinski definition) is 1. The fourth-order valence-corrected chi connectivity index (χ4v) is 2.09. The Labute approximate surface area is 112 Å². The van der Waals surface area contributed by atoms with E-state index < -0.39 is 0 Å². The Morgan fingerprint density at radius 1 is 1.05 bits per heavy atom. The second-order valence-electron chi connectivity index (χ2n) is 4.23. The molecule has 2 aromatic rings. The van der Waals surface area contributed by atoms with Gasteiger partial charge in [0.2, 0.25) is 5.95 Å². The molecule has 0 atom stereocenters. The molecule has 0 aliphatic rings. The van der Waals surface area contributed by atoms with Gasteiger partial charge in [-0.05, 0) is 32.0 Å². The van der Waals surface area contributed by atoms with Crippen molar-refractivity contribution >= 4 is 5.95 Å². The molecule has 5 heteroatoms. The number of nitrogens with zero attached hydrogens (tertiary/aromatic N) is 2. The SMILES string of the molecule is COc1ccc(-c2cc(C)nc(N)n2)c(OC)c1C. The topological polar surface area (TPSA) is 70.3 Å². The van der Waals surface area contributed by atoms with Gasteiger partial charge in [-0.1, -0.05) is 0 Å². The number of anilines is 1. The third-order valence-corrected chi connectivity index (χ3v) is 2.93. The van der Waals surface area contributed by atoms with Crippen molar-refractivity contribution in [1.29, 1.82) is 0 Å². The molecule has 0 fully saturated rings. The van der Waals surface area contributed by atoms with Crippen LogP contribution in [0.1, 0.15) is 11.3 Å². The third-order valence-electron chi connectivity index (χ3n) is 2.93. The van der Waals surface area contributed by atoms with E-state index in [1.54, 1.807) is 14.2 Å². The molecule has 5 nitrogen and oxygen atoms in total. The van der Waals surface area contributed by atoms with Crippen molar-refractivity contribution in [3.63, 3.8) is 0 Å². The third kappa shape index (κ3) is 2.45. The smallest absolute Gasteiger partial charge is 0.220 e. The van der Waals surface area contributed by atoms with Gasteiger partial charge in [0, 0.05) is 16.8 Å². The lowest BCUT2D eigenvalue weighted by molar-refractivity contribution is 0.390. The van der Waals surface area contributed by atoms with Gasteiger partial charge in [-0.15, -0.1) is 0 Å². The van der Waals surface area contributed by atoms with Crippen molar-refractivity contribution in [3.8, 4) is 22.8 Å². The minimum absolute atomic E-state index is 0.255. The lowest BCUT2D eigenvalue weighted by Gasteiger charge is -2.14. The van der Waals surface area contributed by atoms with E-state index in [2.05, 4.69) is 9.97 Å². The Bertz CT molecular complexity index is 592. The van der Waals surface area contributed by atoms with E-state index in [4.69, 9.17) is 15.2 Å². The van der Waals surface area contributed by atoms with E-state index in [-0.39, 0.29) is 5.95 Å². The van der Waals surface area contributed by atoms with Gasteiger partial charge in [0.25, 0.3) is 0 Å². The Hall–Kier alpha value is -2.30. The predicted octanol–water partition coefficient (Wildman–Crippen LogP) is 2.36. The van der Waals surface area contributed by atoms with E-state index in [0.29, 0.717) is 0 Å². The minimum atomic E-state index is 0.255. The van der Waals surface area contributed by atoms with Gasteiger partial charge in [0.05, 0.1) is 19.9 Å². The van der Waals surface area contributed by atoms with Crippen LogP contribution in [0.25, 0.3) is 11.3 Å². The average molecular weight is 259 g/mol. The van der Waals surface area contributed by atoms with Gasteiger partial charge in [0.1, 0.15) is 11.5 Å². The van der Waals surface area contributed by atoms with Crippen LogP contribution in [0, 0.1) is 13.8 Å². The predicted molar refractivity (Wildman–Crippen MR) is 74.5 cm³/mol. The van der Waals surface area contributed by atoms with Crippen LogP contribution in [0.15, 0.2) is 18.2 Å². The highest BCUT2D eigenvalue weighted by molar-refractivity contribution is 5.72. The molecular weight excluding hydrogens is 242 g/mol. The van der Waals surface area contributed by atoms with Crippen LogP contribution in [-0.4, -0.2) is 24.2 Å². The maximum Gasteiger partial charge on any atom is 0.220 e. The van der Waals surface area contributed by atoms with Crippen molar-refractivity contribution in [3.05, 3.63) is 29.5 Å². The van der Waals surface area contributed by atoms with Crippen molar-refractivity contribution < 1.29 is 9.47 Å². The number of aryl methyl sites for hydroxylation is 1. The fraction of sp³-hybridized carbons (Fsp3) is 0.286.